The first-order chi connectivity index (χ1) is 7.90. The highest BCUT2D eigenvalue weighted by molar-refractivity contribution is 6.18. The molecule has 0 spiro atoms. The van der Waals surface area contributed by atoms with E-state index in [4.69, 9.17) is 11.6 Å². The topological polar surface area (TPSA) is 26.3 Å². The van der Waals surface area contributed by atoms with Gasteiger partial charge in [-0.15, -0.1) is 11.6 Å². The molecule has 0 heterocycles. The average Bonchev–Trinajstić information content (AvgIpc) is 2.27. The largest absolute Gasteiger partial charge is 0.465 e. The maximum absolute atomic E-state index is 12.5. The van der Waals surface area contributed by atoms with Crippen LogP contribution in [0.5, 0.6) is 0 Å². The molecule has 0 unspecified atom stereocenters. The van der Waals surface area contributed by atoms with Crippen molar-refractivity contribution in [1.82, 2.24) is 0 Å². The number of halogens is 4. The Morgan fingerprint density at radius 3 is 2.53 bits per heavy atom. The summed E-state index contributed by atoms with van der Waals surface area (Å²) in [4.78, 5) is 11.3. The summed E-state index contributed by atoms with van der Waals surface area (Å²) < 4.78 is 41.9. The Kier molecular flexibility index (Phi) is 4.40. The van der Waals surface area contributed by atoms with Crippen molar-refractivity contribution < 1.29 is 22.7 Å². The molecule has 0 aromatic heterocycles. The van der Waals surface area contributed by atoms with Gasteiger partial charge >= 0.3 is 12.1 Å². The Bertz CT molecular complexity index is 416. The van der Waals surface area contributed by atoms with Gasteiger partial charge in [-0.3, -0.25) is 0 Å². The minimum Gasteiger partial charge on any atom is -0.465 e. The molecule has 2 nitrogen and oxygen atoms in total. The summed E-state index contributed by atoms with van der Waals surface area (Å²) >= 11 is 5.49. The molecule has 0 aliphatic heterocycles. The number of hydrogen-bond acceptors (Lipinski definition) is 2. The van der Waals surface area contributed by atoms with Crippen LogP contribution in [0, 0.1) is 0 Å². The minimum absolute atomic E-state index is 0.112. The predicted octanol–water partition coefficient (Wildman–Crippen LogP) is 3.27. The number of carbonyl (C=O) groups is 1. The second-order valence-corrected chi connectivity index (χ2v) is 3.68. The van der Waals surface area contributed by atoms with E-state index in [-0.39, 0.29) is 23.4 Å². The Morgan fingerprint density at radius 2 is 2.06 bits per heavy atom. The normalized spacial score (nSPS) is 11.4. The number of hydrogen-bond donors (Lipinski definition) is 0. The van der Waals surface area contributed by atoms with Crippen molar-refractivity contribution in [3.05, 3.63) is 34.9 Å². The lowest BCUT2D eigenvalue weighted by Crippen LogP contribution is -2.11. The summed E-state index contributed by atoms with van der Waals surface area (Å²) in [5.41, 5.74) is -0.451. The lowest BCUT2D eigenvalue weighted by Gasteiger charge is -2.11. The summed E-state index contributed by atoms with van der Waals surface area (Å²) in [6.45, 7) is 0. The molecule has 0 fully saturated rings. The molecule has 0 amide bonds. The third-order valence-electron chi connectivity index (χ3n) is 2.20. The van der Waals surface area contributed by atoms with E-state index in [1.54, 1.807) is 0 Å². The highest BCUT2D eigenvalue weighted by Crippen LogP contribution is 2.31. The molecule has 0 bridgehead atoms. The van der Waals surface area contributed by atoms with Crippen LogP contribution < -0.4 is 0 Å². The first-order valence-corrected chi connectivity index (χ1v) is 5.28. The Labute approximate surface area is 101 Å². The summed E-state index contributed by atoms with van der Waals surface area (Å²) in [6.07, 6.45) is -4.26. The van der Waals surface area contributed by atoms with E-state index in [9.17, 15) is 18.0 Å². The van der Waals surface area contributed by atoms with Crippen molar-refractivity contribution in [1.29, 1.82) is 0 Å². The number of methoxy groups -OCH3 is 1. The van der Waals surface area contributed by atoms with E-state index in [1.165, 1.54) is 7.11 Å². The summed E-state index contributed by atoms with van der Waals surface area (Å²) in [5, 5.41) is 0. The van der Waals surface area contributed by atoms with Crippen LogP contribution in [0.2, 0.25) is 0 Å². The molecule has 17 heavy (non-hydrogen) atoms. The maximum atomic E-state index is 12.5. The molecular formula is C11H10ClF3O2. The quantitative estimate of drug-likeness (QED) is 0.620. The van der Waals surface area contributed by atoms with Gasteiger partial charge in [0.15, 0.2) is 0 Å². The molecule has 0 N–H and O–H groups in total. The number of aryl methyl sites for hydroxylation is 1. The smallest absolute Gasteiger partial charge is 0.416 e. The molecule has 94 valence electrons. The van der Waals surface area contributed by atoms with Gasteiger partial charge in [0.05, 0.1) is 18.2 Å². The van der Waals surface area contributed by atoms with Crippen LogP contribution in [0.15, 0.2) is 18.2 Å². The average molecular weight is 267 g/mol. The first kappa shape index (κ1) is 13.8. The number of esters is 1. The highest BCUT2D eigenvalue weighted by atomic mass is 35.5. The summed E-state index contributed by atoms with van der Waals surface area (Å²) in [6, 6.07) is 2.88. The van der Waals surface area contributed by atoms with E-state index >= 15 is 0 Å². The van der Waals surface area contributed by atoms with Gasteiger partial charge in [0.2, 0.25) is 0 Å². The Morgan fingerprint density at radius 1 is 1.41 bits per heavy atom. The lowest BCUT2D eigenvalue weighted by atomic mass is 10.0. The van der Waals surface area contributed by atoms with Gasteiger partial charge < -0.3 is 4.74 Å². The van der Waals surface area contributed by atoms with Crippen LogP contribution in [-0.2, 0) is 17.3 Å². The number of alkyl halides is 4. The Hall–Kier alpha value is -1.23. The van der Waals surface area contributed by atoms with Crippen LogP contribution in [0.1, 0.15) is 21.5 Å². The second-order valence-electron chi connectivity index (χ2n) is 3.30. The maximum Gasteiger partial charge on any atom is 0.416 e. The van der Waals surface area contributed by atoms with Gasteiger partial charge in [0.1, 0.15) is 0 Å². The molecule has 6 heteroatoms. The van der Waals surface area contributed by atoms with Crippen molar-refractivity contribution in [2.45, 2.75) is 12.6 Å². The van der Waals surface area contributed by atoms with Gasteiger partial charge in [0.25, 0.3) is 0 Å². The van der Waals surface area contributed by atoms with Gasteiger partial charge in [-0.2, -0.15) is 13.2 Å². The monoisotopic (exact) mass is 266 g/mol. The fourth-order valence-electron chi connectivity index (χ4n) is 1.39. The van der Waals surface area contributed by atoms with Crippen LogP contribution in [0.4, 0.5) is 13.2 Å². The zero-order valence-electron chi connectivity index (χ0n) is 8.97. The van der Waals surface area contributed by atoms with Crippen molar-refractivity contribution >= 4 is 17.6 Å². The first-order valence-electron chi connectivity index (χ1n) is 4.74. The third-order valence-corrected chi connectivity index (χ3v) is 2.39. The van der Waals surface area contributed by atoms with Crippen LogP contribution >= 0.6 is 11.6 Å². The third kappa shape index (κ3) is 3.36. The van der Waals surface area contributed by atoms with Gasteiger partial charge in [-0.05, 0) is 30.2 Å². The number of ether oxygens (including phenoxy) is 1. The van der Waals surface area contributed by atoms with Crippen LogP contribution in [0.25, 0.3) is 0 Å². The molecule has 0 radical (unpaired) electrons. The van der Waals surface area contributed by atoms with Crippen molar-refractivity contribution in [3.63, 3.8) is 0 Å². The number of benzene rings is 1. The predicted molar refractivity (Wildman–Crippen MR) is 57.2 cm³/mol. The van der Waals surface area contributed by atoms with Gasteiger partial charge in [-0.1, -0.05) is 0 Å². The second kappa shape index (κ2) is 5.40. The molecule has 0 saturated carbocycles. The van der Waals surface area contributed by atoms with Crippen molar-refractivity contribution in [2.75, 3.05) is 13.0 Å². The molecule has 0 aliphatic carbocycles. The molecule has 0 atom stereocenters. The zero-order chi connectivity index (χ0) is 13.1. The molecular weight excluding hydrogens is 257 g/mol. The summed E-state index contributed by atoms with van der Waals surface area (Å²) in [7, 11) is 1.17. The molecule has 1 aromatic carbocycles. The van der Waals surface area contributed by atoms with Crippen LogP contribution in [0.3, 0.4) is 0 Å². The van der Waals surface area contributed by atoms with E-state index in [0.29, 0.717) is 0 Å². The van der Waals surface area contributed by atoms with E-state index < -0.39 is 17.7 Å². The molecule has 1 aromatic rings. The zero-order valence-corrected chi connectivity index (χ0v) is 9.73. The van der Waals surface area contributed by atoms with Crippen LogP contribution in [-0.4, -0.2) is 19.0 Å². The SMILES string of the molecule is COC(=O)c1ccc(C(F)(F)F)cc1CCCl. The van der Waals surface area contributed by atoms with Gasteiger partial charge in [0, 0.05) is 5.88 Å². The van der Waals surface area contributed by atoms with Crippen molar-refractivity contribution in [2.24, 2.45) is 0 Å². The fourth-order valence-corrected chi connectivity index (χ4v) is 1.59. The van der Waals surface area contributed by atoms with E-state index in [2.05, 4.69) is 4.74 Å². The van der Waals surface area contributed by atoms with E-state index in [1.807, 2.05) is 0 Å². The van der Waals surface area contributed by atoms with E-state index in [0.717, 1.165) is 18.2 Å². The standard InChI is InChI=1S/C11H10ClF3O2/c1-17-10(16)9-3-2-8(11(13,14)15)6-7(9)4-5-12/h2-3,6H,4-5H2,1H3. The summed E-state index contributed by atoms with van der Waals surface area (Å²) in [5.74, 6) is -0.537. The van der Waals surface area contributed by atoms with Crippen molar-refractivity contribution in [3.8, 4) is 0 Å². The Balaban J connectivity index is 3.21. The minimum atomic E-state index is -4.43. The lowest BCUT2D eigenvalue weighted by molar-refractivity contribution is -0.137. The molecule has 0 aliphatic rings. The fraction of sp³-hybridized carbons (Fsp3) is 0.364. The highest BCUT2D eigenvalue weighted by Gasteiger charge is 2.31. The van der Waals surface area contributed by atoms with Gasteiger partial charge in [-0.25, -0.2) is 4.79 Å². The number of carbonyl (C=O) groups excluding carboxylic acids is 1. The molecule has 1 rings (SSSR count). The molecule has 0 saturated heterocycles. The number of rotatable bonds is 3.